The summed E-state index contributed by atoms with van der Waals surface area (Å²) in [6.45, 7) is 8.42. The van der Waals surface area contributed by atoms with Crippen LogP contribution in [0.15, 0.2) is 22.7 Å². The lowest BCUT2D eigenvalue weighted by Gasteiger charge is -2.16. The second kappa shape index (κ2) is 6.93. The van der Waals surface area contributed by atoms with E-state index in [9.17, 15) is 4.79 Å². The molecular formula is C15H22BrNO. The summed E-state index contributed by atoms with van der Waals surface area (Å²) < 4.78 is 0.938. The number of benzene rings is 1. The summed E-state index contributed by atoms with van der Waals surface area (Å²) in [4.78, 5) is 12.1. The molecule has 0 spiro atoms. The van der Waals surface area contributed by atoms with Crippen LogP contribution in [0.5, 0.6) is 0 Å². The predicted molar refractivity (Wildman–Crippen MR) is 79.9 cm³/mol. The number of hydrogen-bond donors (Lipinski definition) is 1. The van der Waals surface area contributed by atoms with Crippen molar-refractivity contribution in [2.75, 3.05) is 0 Å². The van der Waals surface area contributed by atoms with Crippen molar-refractivity contribution in [1.82, 2.24) is 5.32 Å². The van der Waals surface area contributed by atoms with E-state index in [1.165, 1.54) is 0 Å². The third kappa shape index (κ3) is 4.81. The smallest absolute Gasteiger partial charge is 0.251 e. The van der Waals surface area contributed by atoms with Crippen LogP contribution in [0.3, 0.4) is 0 Å². The van der Waals surface area contributed by atoms with E-state index < -0.39 is 0 Å². The summed E-state index contributed by atoms with van der Waals surface area (Å²) in [6, 6.07) is 6.00. The third-order valence-electron chi connectivity index (χ3n) is 3.00. The second-order valence-electron chi connectivity index (χ2n) is 5.30. The molecular weight excluding hydrogens is 290 g/mol. The van der Waals surface area contributed by atoms with Gasteiger partial charge in [0.1, 0.15) is 0 Å². The Morgan fingerprint density at radius 3 is 2.56 bits per heavy atom. The molecule has 1 N–H and O–H groups in total. The van der Waals surface area contributed by atoms with E-state index in [0.29, 0.717) is 5.92 Å². The van der Waals surface area contributed by atoms with Crippen LogP contribution in [0.25, 0.3) is 0 Å². The van der Waals surface area contributed by atoms with Gasteiger partial charge in [0.2, 0.25) is 0 Å². The molecule has 1 aromatic rings. The van der Waals surface area contributed by atoms with Gasteiger partial charge >= 0.3 is 0 Å². The van der Waals surface area contributed by atoms with Crippen LogP contribution in [0, 0.1) is 12.8 Å². The summed E-state index contributed by atoms with van der Waals surface area (Å²) in [5.74, 6) is 0.696. The van der Waals surface area contributed by atoms with Crippen molar-refractivity contribution in [3.8, 4) is 0 Å². The van der Waals surface area contributed by atoms with Crippen LogP contribution >= 0.6 is 15.9 Å². The molecule has 0 aliphatic carbocycles. The van der Waals surface area contributed by atoms with Gasteiger partial charge in [-0.1, -0.05) is 35.8 Å². The molecule has 1 unspecified atom stereocenters. The predicted octanol–water partition coefficient (Wildman–Crippen LogP) is 4.31. The maximum atomic E-state index is 12.1. The summed E-state index contributed by atoms with van der Waals surface area (Å²) in [5.41, 5.74) is 1.76. The molecule has 0 radical (unpaired) electrons. The lowest BCUT2D eigenvalue weighted by molar-refractivity contribution is 0.0936. The zero-order chi connectivity index (χ0) is 13.7. The van der Waals surface area contributed by atoms with Crippen LogP contribution < -0.4 is 5.32 Å². The van der Waals surface area contributed by atoms with Gasteiger partial charge < -0.3 is 5.32 Å². The number of rotatable bonds is 5. The quantitative estimate of drug-likeness (QED) is 0.862. The average molecular weight is 312 g/mol. The van der Waals surface area contributed by atoms with E-state index in [-0.39, 0.29) is 11.9 Å². The Hall–Kier alpha value is -0.830. The standard InChI is InChI=1S/C15H22BrNO/c1-10(2)5-7-12(4)17-15(18)14-9-13(16)8-6-11(14)3/h6,8-10,12H,5,7H2,1-4H3,(H,17,18). The molecule has 0 saturated heterocycles. The first-order chi connectivity index (χ1) is 8.40. The molecule has 18 heavy (non-hydrogen) atoms. The third-order valence-corrected chi connectivity index (χ3v) is 3.49. The molecule has 0 saturated carbocycles. The molecule has 1 atom stereocenters. The fraction of sp³-hybridized carbons (Fsp3) is 0.533. The molecule has 1 amide bonds. The Morgan fingerprint density at radius 2 is 1.94 bits per heavy atom. The molecule has 0 fully saturated rings. The topological polar surface area (TPSA) is 29.1 Å². The largest absolute Gasteiger partial charge is 0.350 e. The number of amides is 1. The minimum atomic E-state index is 0.0186. The first-order valence-corrected chi connectivity index (χ1v) is 7.26. The number of carbonyl (C=O) groups is 1. The monoisotopic (exact) mass is 311 g/mol. The fourth-order valence-corrected chi connectivity index (χ4v) is 2.16. The zero-order valence-corrected chi connectivity index (χ0v) is 13.2. The van der Waals surface area contributed by atoms with Crippen molar-refractivity contribution in [1.29, 1.82) is 0 Å². The SMILES string of the molecule is Cc1ccc(Br)cc1C(=O)NC(C)CCC(C)C. The van der Waals surface area contributed by atoms with Crippen molar-refractivity contribution in [2.24, 2.45) is 5.92 Å². The first-order valence-electron chi connectivity index (χ1n) is 6.47. The minimum absolute atomic E-state index is 0.0186. The van der Waals surface area contributed by atoms with E-state index in [1.54, 1.807) is 0 Å². The lowest BCUT2D eigenvalue weighted by atomic mass is 10.0. The fourth-order valence-electron chi connectivity index (χ4n) is 1.80. The number of hydrogen-bond acceptors (Lipinski definition) is 1. The first kappa shape index (κ1) is 15.2. The van der Waals surface area contributed by atoms with Crippen molar-refractivity contribution in [3.63, 3.8) is 0 Å². The molecule has 0 bridgehead atoms. The van der Waals surface area contributed by atoms with Gasteiger partial charge in [-0.05, 0) is 50.3 Å². The summed E-state index contributed by atoms with van der Waals surface area (Å²) >= 11 is 3.40. The molecule has 0 aliphatic heterocycles. The van der Waals surface area contributed by atoms with E-state index in [4.69, 9.17) is 0 Å². The van der Waals surface area contributed by atoms with Crippen LogP contribution in [0.4, 0.5) is 0 Å². The highest BCUT2D eigenvalue weighted by atomic mass is 79.9. The van der Waals surface area contributed by atoms with Gasteiger partial charge in [0.15, 0.2) is 0 Å². The van der Waals surface area contributed by atoms with Gasteiger partial charge in [-0.3, -0.25) is 4.79 Å². The number of halogens is 1. The van der Waals surface area contributed by atoms with Gasteiger partial charge in [-0.15, -0.1) is 0 Å². The molecule has 1 rings (SSSR count). The Balaban J connectivity index is 2.62. The van der Waals surface area contributed by atoms with E-state index >= 15 is 0 Å². The molecule has 0 heterocycles. The molecule has 100 valence electrons. The van der Waals surface area contributed by atoms with Gasteiger partial charge in [0.05, 0.1) is 0 Å². The zero-order valence-electron chi connectivity index (χ0n) is 11.6. The van der Waals surface area contributed by atoms with Crippen molar-refractivity contribution in [2.45, 2.75) is 46.6 Å². The Labute approximate surface area is 118 Å². The normalized spacial score (nSPS) is 12.6. The van der Waals surface area contributed by atoms with Crippen molar-refractivity contribution in [3.05, 3.63) is 33.8 Å². The molecule has 0 aliphatic rings. The number of carbonyl (C=O) groups excluding carboxylic acids is 1. The highest BCUT2D eigenvalue weighted by Gasteiger charge is 2.12. The highest BCUT2D eigenvalue weighted by Crippen LogP contribution is 2.16. The van der Waals surface area contributed by atoms with Crippen molar-refractivity contribution < 1.29 is 4.79 Å². The van der Waals surface area contributed by atoms with Gasteiger partial charge in [0.25, 0.3) is 5.91 Å². The summed E-state index contributed by atoms with van der Waals surface area (Å²) in [7, 11) is 0. The Kier molecular flexibility index (Phi) is 5.86. The number of nitrogens with one attached hydrogen (secondary N) is 1. The van der Waals surface area contributed by atoms with E-state index in [0.717, 1.165) is 28.4 Å². The van der Waals surface area contributed by atoms with Crippen LogP contribution in [-0.2, 0) is 0 Å². The average Bonchev–Trinajstić information content (AvgIpc) is 2.29. The van der Waals surface area contributed by atoms with Gasteiger partial charge in [-0.2, -0.15) is 0 Å². The van der Waals surface area contributed by atoms with Gasteiger partial charge in [-0.25, -0.2) is 0 Å². The van der Waals surface area contributed by atoms with Crippen molar-refractivity contribution >= 4 is 21.8 Å². The summed E-state index contributed by atoms with van der Waals surface area (Å²) in [6.07, 6.45) is 2.16. The van der Waals surface area contributed by atoms with E-state index in [1.807, 2.05) is 25.1 Å². The highest BCUT2D eigenvalue weighted by molar-refractivity contribution is 9.10. The Morgan fingerprint density at radius 1 is 1.28 bits per heavy atom. The Bertz CT molecular complexity index is 415. The maximum Gasteiger partial charge on any atom is 0.251 e. The van der Waals surface area contributed by atoms with E-state index in [2.05, 4.69) is 42.0 Å². The lowest BCUT2D eigenvalue weighted by Crippen LogP contribution is -2.33. The second-order valence-corrected chi connectivity index (χ2v) is 6.22. The molecule has 3 heteroatoms. The van der Waals surface area contributed by atoms with Gasteiger partial charge in [0, 0.05) is 16.1 Å². The molecule has 0 aromatic heterocycles. The summed E-state index contributed by atoms with van der Waals surface area (Å²) in [5, 5.41) is 3.06. The minimum Gasteiger partial charge on any atom is -0.350 e. The number of aryl methyl sites for hydroxylation is 1. The van der Waals surface area contributed by atoms with Crippen LogP contribution in [0.2, 0.25) is 0 Å². The molecule has 2 nitrogen and oxygen atoms in total. The molecule has 1 aromatic carbocycles. The van der Waals surface area contributed by atoms with Crippen LogP contribution in [0.1, 0.15) is 49.5 Å². The van der Waals surface area contributed by atoms with Crippen LogP contribution in [-0.4, -0.2) is 11.9 Å². The maximum absolute atomic E-state index is 12.1.